The third-order valence-electron chi connectivity index (χ3n) is 2.54. The van der Waals surface area contributed by atoms with Gasteiger partial charge in [-0.25, -0.2) is 9.50 Å². The lowest BCUT2D eigenvalue weighted by atomic mass is 10.3. The highest BCUT2D eigenvalue weighted by atomic mass is 35.5. The van der Waals surface area contributed by atoms with Crippen LogP contribution in [-0.2, 0) is 0 Å². The third-order valence-corrected chi connectivity index (χ3v) is 2.80. The molecule has 2 heterocycles. The van der Waals surface area contributed by atoms with Crippen LogP contribution < -0.4 is 10.1 Å². The van der Waals surface area contributed by atoms with Gasteiger partial charge in [0.25, 0.3) is 0 Å². The van der Waals surface area contributed by atoms with Gasteiger partial charge in [-0.1, -0.05) is 17.7 Å². The number of anilines is 2. The maximum absolute atomic E-state index is 5.94. The molecule has 7 heteroatoms. The first kappa shape index (κ1) is 11.7. The molecule has 0 atom stereocenters. The first-order valence-corrected chi connectivity index (χ1v) is 5.92. The fraction of sp³-hybridized carbons (Fsp3) is 0.0833. The Kier molecular flexibility index (Phi) is 2.92. The lowest BCUT2D eigenvalue weighted by Crippen LogP contribution is -1.93. The summed E-state index contributed by atoms with van der Waals surface area (Å²) in [6.45, 7) is 0. The normalized spacial score (nSPS) is 10.6. The standard InChI is InChI=1S/C12H10ClN5O/c1-19-9-4-2-3-8(7-9)15-12-16-11-10(13)14-5-6-18(11)17-12/h2-7H,1H3,(H,15,17). The molecule has 0 aliphatic carbocycles. The molecule has 19 heavy (non-hydrogen) atoms. The molecule has 0 saturated heterocycles. The molecular weight excluding hydrogens is 266 g/mol. The van der Waals surface area contributed by atoms with Crippen molar-refractivity contribution >= 4 is 28.9 Å². The quantitative estimate of drug-likeness (QED) is 0.796. The molecule has 0 aliphatic heterocycles. The van der Waals surface area contributed by atoms with Crippen LogP contribution in [0.5, 0.6) is 5.75 Å². The molecule has 3 aromatic rings. The molecule has 96 valence electrons. The second kappa shape index (κ2) is 4.74. The van der Waals surface area contributed by atoms with E-state index in [4.69, 9.17) is 16.3 Å². The zero-order valence-corrected chi connectivity index (χ0v) is 10.8. The van der Waals surface area contributed by atoms with Gasteiger partial charge in [-0.3, -0.25) is 0 Å². The summed E-state index contributed by atoms with van der Waals surface area (Å²) in [5.74, 6) is 1.21. The molecule has 2 aromatic heterocycles. The highest BCUT2D eigenvalue weighted by molar-refractivity contribution is 6.32. The van der Waals surface area contributed by atoms with E-state index in [0.29, 0.717) is 16.7 Å². The molecule has 0 bridgehead atoms. The second-order valence-electron chi connectivity index (χ2n) is 3.78. The van der Waals surface area contributed by atoms with Crippen molar-refractivity contribution in [3.8, 4) is 5.75 Å². The number of nitrogens with zero attached hydrogens (tertiary/aromatic N) is 4. The van der Waals surface area contributed by atoms with Crippen molar-refractivity contribution in [2.24, 2.45) is 0 Å². The summed E-state index contributed by atoms with van der Waals surface area (Å²) >= 11 is 5.94. The van der Waals surface area contributed by atoms with Gasteiger partial charge in [0, 0.05) is 24.1 Å². The SMILES string of the molecule is COc1cccc(Nc2nc3c(Cl)nccn3n2)c1. The van der Waals surface area contributed by atoms with Crippen LogP contribution in [0.1, 0.15) is 0 Å². The predicted molar refractivity (Wildman–Crippen MR) is 72.1 cm³/mol. The van der Waals surface area contributed by atoms with Crippen molar-refractivity contribution in [2.75, 3.05) is 12.4 Å². The van der Waals surface area contributed by atoms with Crippen molar-refractivity contribution in [1.82, 2.24) is 19.6 Å². The number of aromatic nitrogens is 4. The predicted octanol–water partition coefficient (Wildman–Crippen LogP) is 2.53. The number of hydrogen-bond donors (Lipinski definition) is 1. The van der Waals surface area contributed by atoms with Crippen LogP contribution in [0.4, 0.5) is 11.6 Å². The summed E-state index contributed by atoms with van der Waals surface area (Å²) in [5.41, 5.74) is 1.34. The van der Waals surface area contributed by atoms with E-state index < -0.39 is 0 Å². The zero-order valence-electron chi connectivity index (χ0n) is 10.0. The molecule has 0 spiro atoms. The Morgan fingerprint density at radius 2 is 2.26 bits per heavy atom. The van der Waals surface area contributed by atoms with E-state index in [2.05, 4.69) is 20.4 Å². The minimum atomic E-state index is 0.314. The fourth-order valence-corrected chi connectivity index (χ4v) is 1.86. The van der Waals surface area contributed by atoms with E-state index in [-0.39, 0.29) is 0 Å². The fourth-order valence-electron chi connectivity index (χ4n) is 1.67. The molecule has 1 aromatic carbocycles. The monoisotopic (exact) mass is 275 g/mol. The largest absolute Gasteiger partial charge is 0.497 e. The average Bonchev–Trinajstić information content (AvgIpc) is 2.83. The summed E-state index contributed by atoms with van der Waals surface area (Å²) in [6.07, 6.45) is 3.25. The van der Waals surface area contributed by atoms with Crippen molar-refractivity contribution in [3.63, 3.8) is 0 Å². The van der Waals surface area contributed by atoms with Crippen molar-refractivity contribution in [2.45, 2.75) is 0 Å². The number of hydrogen-bond acceptors (Lipinski definition) is 5. The van der Waals surface area contributed by atoms with Crippen LogP contribution in [0.15, 0.2) is 36.7 Å². The minimum absolute atomic E-state index is 0.314. The number of rotatable bonds is 3. The average molecular weight is 276 g/mol. The van der Waals surface area contributed by atoms with Crippen molar-refractivity contribution < 1.29 is 4.74 Å². The van der Waals surface area contributed by atoms with E-state index in [1.165, 1.54) is 0 Å². The number of benzene rings is 1. The van der Waals surface area contributed by atoms with Crippen molar-refractivity contribution in [1.29, 1.82) is 0 Å². The van der Waals surface area contributed by atoms with Crippen LogP contribution in [-0.4, -0.2) is 26.7 Å². The number of nitrogens with one attached hydrogen (secondary N) is 1. The van der Waals surface area contributed by atoms with E-state index >= 15 is 0 Å². The summed E-state index contributed by atoms with van der Waals surface area (Å²) in [5, 5.41) is 7.65. The van der Waals surface area contributed by atoms with Gasteiger partial charge in [-0.15, -0.1) is 5.10 Å². The van der Waals surface area contributed by atoms with Crippen LogP contribution in [0.25, 0.3) is 5.65 Å². The van der Waals surface area contributed by atoms with E-state index in [1.54, 1.807) is 24.0 Å². The summed E-state index contributed by atoms with van der Waals surface area (Å²) in [6, 6.07) is 7.49. The Bertz CT molecular complexity index is 727. The maximum Gasteiger partial charge on any atom is 0.247 e. The lowest BCUT2D eigenvalue weighted by molar-refractivity contribution is 0.415. The summed E-state index contributed by atoms with van der Waals surface area (Å²) < 4.78 is 6.72. The smallest absolute Gasteiger partial charge is 0.247 e. The van der Waals surface area contributed by atoms with E-state index in [1.807, 2.05) is 24.3 Å². The highest BCUT2D eigenvalue weighted by Crippen LogP contribution is 2.20. The zero-order chi connectivity index (χ0) is 13.2. The van der Waals surface area contributed by atoms with Gasteiger partial charge in [0.05, 0.1) is 7.11 Å². The van der Waals surface area contributed by atoms with Gasteiger partial charge in [0.2, 0.25) is 5.95 Å². The molecule has 0 fully saturated rings. The summed E-state index contributed by atoms with van der Waals surface area (Å²) in [4.78, 5) is 8.22. The third kappa shape index (κ3) is 2.30. The molecule has 0 unspecified atom stereocenters. The van der Waals surface area contributed by atoms with Crippen LogP contribution in [0, 0.1) is 0 Å². The number of fused-ring (bicyclic) bond motifs is 1. The van der Waals surface area contributed by atoms with Gasteiger partial charge in [-0.2, -0.15) is 4.98 Å². The maximum atomic E-state index is 5.94. The molecular formula is C12H10ClN5O. The molecule has 0 radical (unpaired) electrons. The Morgan fingerprint density at radius 1 is 1.37 bits per heavy atom. The lowest BCUT2D eigenvalue weighted by Gasteiger charge is -2.03. The number of ether oxygens (including phenoxy) is 1. The van der Waals surface area contributed by atoms with Gasteiger partial charge in [-0.05, 0) is 12.1 Å². The van der Waals surface area contributed by atoms with Crippen LogP contribution in [0.2, 0.25) is 5.15 Å². The second-order valence-corrected chi connectivity index (χ2v) is 4.14. The molecule has 0 aliphatic rings. The summed E-state index contributed by atoms with van der Waals surface area (Å²) in [7, 11) is 1.62. The Hall–Kier alpha value is -2.34. The van der Waals surface area contributed by atoms with Gasteiger partial charge < -0.3 is 10.1 Å². The Morgan fingerprint density at radius 3 is 3.05 bits per heavy atom. The van der Waals surface area contributed by atoms with Gasteiger partial charge in [0.15, 0.2) is 10.8 Å². The Labute approximate surface area is 114 Å². The molecule has 3 rings (SSSR count). The molecule has 1 N–H and O–H groups in total. The van der Waals surface area contributed by atoms with Gasteiger partial charge >= 0.3 is 0 Å². The minimum Gasteiger partial charge on any atom is -0.497 e. The highest BCUT2D eigenvalue weighted by Gasteiger charge is 2.07. The number of halogens is 1. The first-order chi connectivity index (χ1) is 9.26. The van der Waals surface area contributed by atoms with Crippen molar-refractivity contribution in [3.05, 3.63) is 41.8 Å². The topological polar surface area (TPSA) is 64.3 Å². The van der Waals surface area contributed by atoms with E-state index in [0.717, 1.165) is 11.4 Å². The Balaban J connectivity index is 1.94. The molecule has 6 nitrogen and oxygen atoms in total. The number of methoxy groups -OCH3 is 1. The van der Waals surface area contributed by atoms with Gasteiger partial charge in [0.1, 0.15) is 5.75 Å². The first-order valence-electron chi connectivity index (χ1n) is 5.54. The van der Waals surface area contributed by atoms with E-state index in [9.17, 15) is 0 Å². The molecule has 0 saturated carbocycles. The molecule has 0 amide bonds. The van der Waals surface area contributed by atoms with Crippen LogP contribution >= 0.6 is 11.6 Å². The van der Waals surface area contributed by atoms with Crippen LogP contribution in [0.3, 0.4) is 0 Å².